The Kier molecular flexibility index (Phi) is 1.37. The lowest BCUT2D eigenvalue weighted by Gasteiger charge is -1.85. The topological polar surface area (TPSA) is 67.2 Å². The van der Waals surface area contributed by atoms with Crippen LogP contribution in [0.15, 0.2) is 15.8 Å². The van der Waals surface area contributed by atoms with E-state index in [9.17, 15) is 9.59 Å². The average molecular weight is 183 g/mol. The van der Waals surface area contributed by atoms with Crippen molar-refractivity contribution in [3.05, 3.63) is 32.0 Å². The van der Waals surface area contributed by atoms with Crippen LogP contribution in [0.1, 0.15) is 4.88 Å². The van der Waals surface area contributed by atoms with Gasteiger partial charge in [-0.25, -0.2) is 14.0 Å². The van der Waals surface area contributed by atoms with Gasteiger partial charge < -0.3 is 0 Å². The lowest BCUT2D eigenvalue weighted by atomic mass is 10.6. The maximum Gasteiger partial charge on any atom is 0.351 e. The molecule has 6 heteroatoms. The Morgan fingerprint density at radius 1 is 1.58 bits per heavy atom. The Morgan fingerprint density at radius 2 is 2.33 bits per heavy atom. The van der Waals surface area contributed by atoms with Gasteiger partial charge in [-0.1, -0.05) is 0 Å². The summed E-state index contributed by atoms with van der Waals surface area (Å²) in [6, 6.07) is 0. The predicted octanol–water partition coefficient (Wildman–Crippen LogP) is -0.247. The summed E-state index contributed by atoms with van der Waals surface area (Å²) in [5.74, 6) is 0. The van der Waals surface area contributed by atoms with E-state index in [0.717, 1.165) is 4.88 Å². The molecule has 12 heavy (non-hydrogen) atoms. The van der Waals surface area contributed by atoms with Crippen LogP contribution < -0.4 is 11.4 Å². The first-order valence-corrected chi connectivity index (χ1v) is 4.07. The highest BCUT2D eigenvalue weighted by Crippen LogP contribution is 2.09. The lowest BCUT2D eigenvalue weighted by Crippen LogP contribution is -2.26. The third-order valence-corrected chi connectivity index (χ3v) is 2.30. The smallest absolute Gasteiger partial charge is 0.257 e. The van der Waals surface area contributed by atoms with Crippen LogP contribution >= 0.6 is 11.3 Å². The van der Waals surface area contributed by atoms with Crippen LogP contribution in [-0.4, -0.2) is 14.4 Å². The molecule has 0 unspecified atom stereocenters. The Labute approximate surface area is 70.3 Å². The van der Waals surface area contributed by atoms with Crippen LogP contribution in [0.5, 0.6) is 0 Å². The van der Waals surface area contributed by atoms with Crippen molar-refractivity contribution in [2.45, 2.75) is 6.92 Å². The quantitative estimate of drug-likeness (QED) is 0.612. The molecule has 2 rings (SSSR count). The van der Waals surface area contributed by atoms with Gasteiger partial charge in [0.25, 0.3) is 0 Å². The van der Waals surface area contributed by atoms with Crippen LogP contribution in [-0.2, 0) is 0 Å². The van der Waals surface area contributed by atoms with E-state index in [-0.39, 0.29) is 0 Å². The third kappa shape index (κ3) is 0.964. The fraction of sp³-hybridized carbons (Fsp3) is 0.167. The highest BCUT2D eigenvalue weighted by atomic mass is 32.1. The molecule has 0 aliphatic heterocycles. The van der Waals surface area contributed by atoms with Gasteiger partial charge >= 0.3 is 11.4 Å². The van der Waals surface area contributed by atoms with Gasteiger partial charge in [0, 0.05) is 11.1 Å². The van der Waals surface area contributed by atoms with Gasteiger partial charge in [-0.3, -0.25) is 4.98 Å². The van der Waals surface area contributed by atoms with Crippen molar-refractivity contribution in [1.82, 2.24) is 14.4 Å². The van der Waals surface area contributed by atoms with Crippen LogP contribution in [0, 0.1) is 6.92 Å². The van der Waals surface area contributed by atoms with Crippen molar-refractivity contribution < 1.29 is 0 Å². The van der Waals surface area contributed by atoms with Crippen LogP contribution in [0.25, 0.3) is 4.96 Å². The molecule has 2 heterocycles. The van der Waals surface area contributed by atoms with E-state index in [0.29, 0.717) is 4.96 Å². The molecule has 5 nitrogen and oxygen atoms in total. The largest absolute Gasteiger partial charge is 0.351 e. The minimum Gasteiger partial charge on any atom is -0.257 e. The first-order chi connectivity index (χ1) is 5.66. The molecule has 62 valence electrons. The molecule has 0 bridgehead atoms. The van der Waals surface area contributed by atoms with Gasteiger partial charge in [-0.2, -0.15) is 4.98 Å². The zero-order valence-electron chi connectivity index (χ0n) is 6.20. The van der Waals surface area contributed by atoms with Crippen LogP contribution in [0.3, 0.4) is 0 Å². The third-order valence-electron chi connectivity index (χ3n) is 1.40. The summed E-state index contributed by atoms with van der Waals surface area (Å²) < 4.78 is 1.32. The second-order valence-corrected chi connectivity index (χ2v) is 3.55. The molecular weight excluding hydrogens is 178 g/mol. The van der Waals surface area contributed by atoms with Gasteiger partial charge in [-0.05, 0) is 6.92 Å². The van der Waals surface area contributed by atoms with Crippen LogP contribution in [0.4, 0.5) is 0 Å². The fourth-order valence-corrected chi connectivity index (χ4v) is 1.75. The fourth-order valence-electron chi connectivity index (χ4n) is 0.945. The van der Waals surface area contributed by atoms with E-state index >= 15 is 0 Å². The zero-order chi connectivity index (χ0) is 8.72. The van der Waals surface area contributed by atoms with Crippen molar-refractivity contribution in [3.63, 3.8) is 0 Å². The molecular formula is C6H5N3O2S. The molecule has 0 saturated heterocycles. The van der Waals surface area contributed by atoms with E-state index in [4.69, 9.17) is 0 Å². The molecule has 0 aromatic carbocycles. The van der Waals surface area contributed by atoms with E-state index < -0.39 is 11.4 Å². The lowest BCUT2D eigenvalue weighted by molar-refractivity contribution is 0.919. The summed E-state index contributed by atoms with van der Waals surface area (Å²) in [5.41, 5.74) is -1.03. The Hall–Kier alpha value is -1.43. The summed E-state index contributed by atoms with van der Waals surface area (Å²) in [4.78, 5) is 28.9. The second-order valence-electron chi connectivity index (χ2n) is 2.34. The Morgan fingerprint density at radius 3 is 3.08 bits per heavy atom. The van der Waals surface area contributed by atoms with Crippen molar-refractivity contribution in [2.24, 2.45) is 0 Å². The van der Waals surface area contributed by atoms with Gasteiger partial charge in [0.1, 0.15) is 0 Å². The number of nitrogens with one attached hydrogen (secondary N) is 1. The Balaban J connectivity index is 3.08. The minimum absolute atomic E-state index is 0.432. The number of rotatable bonds is 0. The summed E-state index contributed by atoms with van der Waals surface area (Å²) in [6.07, 6.45) is 1.64. The predicted molar refractivity (Wildman–Crippen MR) is 44.7 cm³/mol. The summed E-state index contributed by atoms with van der Waals surface area (Å²) in [6.45, 7) is 1.85. The molecule has 0 fully saturated rings. The van der Waals surface area contributed by atoms with Gasteiger partial charge in [0.05, 0.1) is 0 Å². The highest BCUT2D eigenvalue weighted by Gasteiger charge is 2.01. The van der Waals surface area contributed by atoms with Gasteiger partial charge in [0.15, 0.2) is 0 Å². The number of H-pyrrole nitrogens is 1. The summed E-state index contributed by atoms with van der Waals surface area (Å²) in [7, 11) is 0. The standard InChI is InChI=1S/C6H5N3O2S/c1-3-2-9-5(11)7-4(10)8-6(9)12-3/h2H,1H3,(H,7,10,11). The first kappa shape index (κ1) is 7.23. The number of thiazole rings is 1. The van der Waals surface area contributed by atoms with E-state index in [1.54, 1.807) is 6.20 Å². The second kappa shape index (κ2) is 2.28. The van der Waals surface area contributed by atoms with E-state index in [1.807, 2.05) is 6.92 Å². The van der Waals surface area contributed by atoms with E-state index in [2.05, 4.69) is 9.97 Å². The minimum atomic E-state index is -0.596. The van der Waals surface area contributed by atoms with Crippen molar-refractivity contribution in [1.29, 1.82) is 0 Å². The number of hydrogen-bond donors (Lipinski definition) is 1. The average Bonchev–Trinajstić information content (AvgIpc) is 2.29. The molecule has 0 amide bonds. The molecule has 0 saturated carbocycles. The first-order valence-electron chi connectivity index (χ1n) is 3.26. The summed E-state index contributed by atoms with van der Waals surface area (Å²) >= 11 is 1.31. The number of nitrogens with zero attached hydrogens (tertiary/aromatic N) is 2. The highest BCUT2D eigenvalue weighted by molar-refractivity contribution is 7.16. The number of aromatic amines is 1. The monoisotopic (exact) mass is 183 g/mol. The molecule has 0 atom stereocenters. The molecule has 0 radical (unpaired) electrons. The maximum absolute atomic E-state index is 11.1. The zero-order valence-corrected chi connectivity index (χ0v) is 7.01. The molecule has 0 aliphatic carbocycles. The normalized spacial score (nSPS) is 10.8. The summed E-state index contributed by atoms with van der Waals surface area (Å²) in [5, 5.41) is 0. The Bertz CT molecular complexity index is 535. The van der Waals surface area contributed by atoms with Crippen LogP contribution in [0.2, 0.25) is 0 Å². The van der Waals surface area contributed by atoms with Crippen molar-refractivity contribution in [3.8, 4) is 0 Å². The number of hydrogen-bond acceptors (Lipinski definition) is 4. The number of aryl methyl sites for hydroxylation is 1. The van der Waals surface area contributed by atoms with Crippen molar-refractivity contribution in [2.75, 3.05) is 0 Å². The molecule has 1 N–H and O–H groups in total. The SMILES string of the molecule is Cc1cn2c(=O)[nH]c(=O)nc2s1. The van der Waals surface area contributed by atoms with Crippen molar-refractivity contribution >= 4 is 16.3 Å². The number of aromatic nitrogens is 3. The molecule has 0 spiro atoms. The van der Waals surface area contributed by atoms with Gasteiger partial charge in [0.2, 0.25) is 4.96 Å². The molecule has 2 aromatic heterocycles. The molecule has 2 aromatic rings. The molecule has 0 aliphatic rings. The van der Waals surface area contributed by atoms with E-state index in [1.165, 1.54) is 15.7 Å². The van der Waals surface area contributed by atoms with Gasteiger partial charge in [-0.15, -0.1) is 11.3 Å². The number of fused-ring (bicyclic) bond motifs is 1. The maximum atomic E-state index is 11.1.